The molecule has 2 rings (SSSR count). The van der Waals surface area contributed by atoms with E-state index in [1.807, 2.05) is 0 Å². The van der Waals surface area contributed by atoms with Crippen LogP contribution in [0.25, 0.3) is 0 Å². The molecular weight excluding hydrogens is 220 g/mol. The molecule has 2 aliphatic rings. The van der Waals surface area contributed by atoms with Gasteiger partial charge >= 0.3 is 17.9 Å². The third-order valence-electron chi connectivity index (χ3n) is 3.24. The van der Waals surface area contributed by atoms with Gasteiger partial charge in [0, 0.05) is 0 Å². The van der Waals surface area contributed by atoms with E-state index in [1.54, 1.807) is 0 Å². The van der Waals surface area contributed by atoms with Crippen molar-refractivity contribution in [2.45, 2.75) is 18.6 Å². The van der Waals surface area contributed by atoms with Gasteiger partial charge in [-0.15, -0.1) is 0 Å². The van der Waals surface area contributed by atoms with Crippen LogP contribution in [0.1, 0.15) is 6.42 Å². The van der Waals surface area contributed by atoms with Crippen molar-refractivity contribution in [3.8, 4) is 0 Å². The second-order valence-corrected chi connectivity index (χ2v) is 4.05. The third-order valence-corrected chi connectivity index (χ3v) is 3.24. The molecule has 2 heterocycles. The van der Waals surface area contributed by atoms with Gasteiger partial charge in [-0.05, 0) is 6.42 Å². The number of carbonyl (C=O) groups is 3. The number of rotatable bonds is 3. The van der Waals surface area contributed by atoms with Crippen LogP contribution in [0.2, 0.25) is 0 Å². The maximum atomic E-state index is 10.9. The van der Waals surface area contributed by atoms with E-state index in [0.29, 0.717) is 0 Å². The smallest absolute Gasteiger partial charge is 0.310 e. The Morgan fingerprint density at radius 3 is 1.94 bits per heavy atom. The molecule has 3 N–H and O–H groups in total. The lowest BCUT2D eigenvalue weighted by Crippen LogP contribution is -2.44. The van der Waals surface area contributed by atoms with Crippen molar-refractivity contribution in [2.75, 3.05) is 0 Å². The summed E-state index contributed by atoms with van der Waals surface area (Å²) in [5.74, 6) is -7.02. The van der Waals surface area contributed by atoms with E-state index < -0.39 is 47.9 Å². The molecule has 2 saturated heterocycles. The number of carboxylic acids is 3. The second-order valence-electron chi connectivity index (χ2n) is 4.05. The Morgan fingerprint density at radius 2 is 1.50 bits per heavy atom. The minimum absolute atomic E-state index is 0.0702. The topological polar surface area (TPSA) is 121 Å². The summed E-state index contributed by atoms with van der Waals surface area (Å²) >= 11 is 0. The molecule has 0 aromatic heterocycles. The maximum absolute atomic E-state index is 10.9. The van der Waals surface area contributed by atoms with Crippen molar-refractivity contribution >= 4 is 17.9 Å². The van der Waals surface area contributed by atoms with Crippen LogP contribution >= 0.6 is 0 Å². The van der Waals surface area contributed by atoms with Crippen LogP contribution in [-0.4, -0.2) is 45.4 Å². The standard InChI is InChI=1S/C9H10O7/c10-7(11)2-1-3-4(8(12)13)5(9(14)15)6(2)16-3/h2-6H,1H2,(H,10,11)(H,12,13)(H,14,15)/t2-,3+,4-,5-,6-/m0/s1. The van der Waals surface area contributed by atoms with Crippen molar-refractivity contribution in [3.63, 3.8) is 0 Å². The average molecular weight is 230 g/mol. The largest absolute Gasteiger partial charge is 0.481 e. The van der Waals surface area contributed by atoms with Crippen molar-refractivity contribution in [3.05, 3.63) is 0 Å². The zero-order chi connectivity index (χ0) is 12.0. The Hall–Kier alpha value is -1.63. The van der Waals surface area contributed by atoms with E-state index in [2.05, 4.69) is 0 Å². The highest BCUT2D eigenvalue weighted by molar-refractivity contribution is 5.84. The number of ether oxygens (including phenoxy) is 1. The highest BCUT2D eigenvalue weighted by Crippen LogP contribution is 2.47. The van der Waals surface area contributed by atoms with Gasteiger partial charge in [-0.3, -0.25) is 14.4 Å². The summed E-state index contributed by atoms with van der Waals surface area (Å²) in [4.78, 5) is 32.6. The number of aliphatic carboxylic acids is 3. The van der Waals surface area contributed by atoms with Gasteiger partial charge in [-0.1, -0.05) is 0 Å². The van der Waals surface area contributed by atoms with Crippen LogP contribution in [0, 0.1) is 17.8 Å². The first-order valence-electron chi connectivity index (χ1n) is 4.77. The number of hydrogen-bond acceptors (Lipinski definition) is 4. The van der Waals surface area contributed by atoms with E-state index in [4.69, 9.17) is 20.1 Å². The Balaban J connectivity index is 2.29. The molecule has 2 fully saturated rings. The van der Waals surface area contributed by atoms with Crippen molar-refractivity contribution in [1.29, 1.82) is 0 Å². The SMILES string of the molecule is O=C(O)[C@@H]1[C@H]2O[C@H](C[C@@H]2C(=O)O)[C@@H]1C(=O)O. The molecule has 0 aromatic carbocycles. The predicted octanol–water partition coefficient (Wildman–Crippen LogP) is -0.740. The van der Waals surface area contributed by atoms with E-state index in [9.17, 15) is 14.4 Å². The molecule has 88 valence electrons. The molecule has 0 radical (unpaired) electrons. The predicted molar refractivity (Wildman–Crippen MR) is 46.7 cm³/mol. The third kappa shape index (κ3) is 1.35. The van der Waals surface area contributed by atoms with Crippen molar-refractivity contribution < 1.29 is 34.4 Å². The Bertz CT molecular complexity index is 363. The normalized spacial score (nSPS) is 40.9. The molecule has 2 aliphatic heterocycles. The Kier molecular flexibility index (Phi) is 2.34. The highest BCUT2D eigenvalue weighted by Gasteiger charge is 2.61. The molecule has 0 amide bonds. The van der Waals surface area contributed by atoms with Gasteiger partial charge in [0.25, 0.3) is 0 Å². The van der Waals surface area contributed by atoms with Gasteiger partial charge in [0.1, 0.15) is 0 Å². The first kappa shape index (κ1) is 10.9. The molecular formula is C9H10O7. The van der Waals surface area contributed by atoms with Crippen LogP contribution in [0.4, 0.5) is 0 Å². The monoisotopic (exact) mass is 230 g/mol. The van der Waals surface area contributed by atoms with Gasteiger partial charge in [-0.25, -0.2) is 0 Å². The zero-order valence-corrected chi connectivity index (χ0v) is 8.07. The minimum Gasteiger partial charge on any atom is -0.481 e. The lowest BCUT2D eigenvalue weighted by molar-refractivity contribution is -0.157. The van der Waals surface area contributed by atoms with Gasteiger partial charge in [0.2, 0.25) is 0 Å². The zero-order valence-electron chi connectivity index (χ0n) is 8.07. The summed E-state index contributed by atoms with van der Waals surface area (Å²) < 4.78 is 5.15. The summed E-state index contributed by atoms with van der Waals surface area (Å²) in [5.41, 5.74) is 0. The van der Waals surface area contributed by atoms with E-state index >= 15 is 0 Å². The summed E-state index contributed by atoms with van der Waals surface area (Å²) in [6, 6.07) is 0. The number of carboxylic acid groups (broad SMARTS) is 3. The Morgan fingerprint density at radius 1 is 0.938 bits per heavy atom. The molecule has 5 atom stereocenters. The van der Waals surface area contributed by atoms with Crippen LogP contribution in [0.3, 0.4) is 0 Å². The fourth-order valence-electron chi connectivity index (χ4n) is 2.59. The summed E-state index contributed by atoms with van der Waals surface area (Å²) in [7, 11) is 0. The molecule has 0 aliphatic carbocycles. The van der Waals surface area contributed by atoms with Gasteiger partial charge in [-0.2, -0.15) is 0 Å². The molecule has 7 nitrogen and oxygen atoms in total. The summed E-state index contributed by atoms with van der Waals surface area (Å²) in [6.07, 6.45) is -1.76. The van der Waals surface area contributed by atoms with Crippen molar-refractivity contribution in [2.24, 2.45) is 17.8 Å². The van der Waals surface area contributed by atoms with Gasteiger partial charge < -0.3 is 20.1 Å². The average Bonchev–Trinajstić information content (AvgIpc) is 2.72. The van der Waals surface area contributed by atoms with E-state index in [1.165, 1.54) is 0 Å². The van der Waals surface area contributed by atoms with Crippen LogP contribution < -0.4 is 0 Å². The number of hydrogen-bond donors (Lipinski definition) is 3. The van der Waals surface area contributed by atoms with Crippen LogP contribution in [-0.2, 0) is 19.1 Å². The molecule has 16 heavy (non-hydrogen) atoms. The van der Waals surface area contributed by atoms with Crippen LogP contribution in [0.5, 0.6) is 0 Å². The fraction of sp³-hybridized carbons (Fsp3) is 0.667. The maximum Gasteiger partial charge on any atom is 0.310 e. The van der Waals surface area contributed by atoms with Crippen molar-refractivity contribution in [1.82, 2.24) is 0 Å². The molecule has 0 aromatic rings. The summed E-state index contributed by atoms with van der Waals surface area (Å²) in [5, 5.41) is 26.6. The van der Waals surface area contributed by atoms with Crippen LogP contribution in [0.15, 0.2) is 0 Å². The fourth-order valence-corrected chi connectivity index (χ4v) is 2.59. The molecule has 0 saturated carbocycles. The van der Waals surface area contributed by atoms with E-state index in [-0.39, 0.29) is 6.42 Å². The van der Waals surface area contributed by atoms with Gasteiger partial charge in [0.05, 0.1) is 30.0 Å². The Labute approximate surface area is 89.6 Å². The molecule has 7 heteroatoms. The van der Waals surface area contributed by atoms with Gasteiger partial charge in [0.15, 0.2) is 0 Å². The number of fused-ring (bicyclic) bond motifs is 2. The summed E-state index contributed by atoms with van der Waals surface area (Å²) in [6.45, 7) is 0. The molecule has 0 spiro atoms. The molecule has 2 bridgehead atoms. The quantitative estimate of drug-likeness (QED) is 0.583. The first-order chi connectivity index (χ1) is 7.43. The highest BCUT2D eigenvalue weighted by atomic mass is 16.5. The lowest BCUT2D eigenvalue weighted by atomic mass is 9.74. The molecule has 0 unspecified atom stereocenters. The lowest BCUT2D eigenvalue weighted by Gasteiger charge is -2.25. The first-order valence-corrected chi connectivity index (χ1v) is 4.77. The minimum atomic E-state index is -1.31. The van der Waals surface area contributed by atoms with E-state index in [0.717, 1.165) is 0 Å². The second kappa shape index (κ2) is 3.44.